The molecule has 0 heterocycles. The summed E-state index contributed by atoms with van der Waals surface area (Å²) < 4.78 is 1.14. The van der Waals surface area contributed by atoms with Gasteiger partial charge in [-0.05, 0) is 37.0 Å². The summed E-state index contributed by atoms with van der Waals surface area (Å²) in [5.74, 6) is 1.84. The van der Waals surface area contributed by atoms with Crippen molar-refractivity contribution in [3.05, 3.63) is 28.7 Å². The Kier molecular flexibility index (Phi) is 3.52. The van der Waals surface area contributed by atoms with Crippen molar-refractivity contribution in [2.45, 2.75) is 23.8 Å². The van der Waals surface area contributed by atoms with Gasteiger partial charge in [-0.1, -0.05) is 22.0 Å². The highest BCUT2D eigenvalue weighted by molar-refractivity contribution is 9.10. The van der Waals surface area contributed by atoms with Gasteiger partial charge in [0, 0.05) is 21.2 Å². The Bertz CT molecular complexity index is 312. The number of hydrogen-bond donors (Lipinski definition) is 1. The molecule has 0 radical (unpaired) electrons. The lowest BCUT2D eigenvalue weighted by Crippen LogP contribution is -2.24. The third kappa shape index (κ3) is 3.01. The van der Waals surface area contributed by atoms with Gasteiger partial charge in [-0.2, -0.15) is 0 Å². The predicted octanol–water partition coefficient (Wildman–Crippen LogP) is 3.28. The Morgan fingerprint density at radius 1 is 1.50 bits per heavy atom. The lowest BCUT2D eigenvalue weighted by Gasteiger charge is -2.09. The molecule has 1 unspecified atom stereocenters. The second-order valence-electron chi connectivity index (χ2n) is 3.77. The highest BCUT2D eigenvalue weighted by Crippen LogP contribution is 2.34. The molecule has 1 nitrogen and oxygen atoms in total. The van der Waals surface area contributed by atoms with Crippen LogP contribution in [0.5, 0.6) is 0 Å². The lowest BCUT2D eigenvalue weighted by molar-refractivity contribution is 0.659. The predicted molar refractivity (Wildman–Crippen MR) is 65.6 cm³/mol. The van der Waals surface area contributed by atoms with E-state index in [-0.39, 0.29) is 0 Å². The topological polar surface area (TPSA) is 26.0 Å². The molecule has 2 N–H and O–H groups in total. The van der Waals surface area contributed by atoms with Crippen LogP contribution in [0.2, 0.25) is 0 Å². The average molecular weight is 272 g/mol. The monoisotopic (exact) mass is 271 g/mol. The summed E-state index contributed by atoms with van der Waals surface area (Å²) in [5.41, 5.74) is 6.03. The fraction of sp³-hybridized carbons (Fsp3) is 0.455. The van der Waals surface area contributed by atoms with E-state index in [0.717, 1.165) is 16.1 Å². The van der Waals surface area contributed by atoms with Crippen molar-refractivity contribution in [3.8, 4) is 0 Å². The zero-order chi connectivity index (χ0) is 9.97. The molecule has 14 heavy (non-hydrogen) atoms. The SMILES string of the molecule is NC(CSc1cccc(Br)c1)C1CC1. The van der Waals surface area contributed by atoms with Gasteiger partial charge in [0.15, 0.2) is 0 Å². The van der Waals surface area contributed by atoms with Gasteiger partial charge in [0.2, 0.25) is 0 Å². The minimum Gasteiger partial charge on any atom is -0.327 e. The van der Waals surface area contributed by atoms with Gasteiger partial charge in [0.05, 0.1) is 0 Å². The van der Waals surface area contributed by atoms with Crippen LogP contribution in [0.15, 0.2) is 33.6 Å². The van der Waals surface area contributed by atoms with Crippen LogP contribution in [-0.2, 0) is 0 Å². The first kappa shape index (κ1) is 10.5. The van der Waals surface area contributed by atoms with E-state index in [1.54, 1.807) is 0 Å². The minimum atomic E-state index is 0.388. The molecule has 1 aromatic rings. The van der Waals surface area contributed by atoms with E-state index in [1.165, 1.54) is 17.7 Å². The summed E-state index contributed by atoms with van der Waals surface area (Å²) in [6.07, 6.45) is 2.67. The van der Waals surface area contributed by atoms with Crippen LogP contribution in [-0.4, -0.2) is 11.8 Å². The van der Waals surface area contributed by atoms with E-state index in [9.17, 15) is 0 Å². The Hall–Kier alpha value is 0.01000. The average Bonchev–Trinajstić information content (AvgIpc) is 2.97. The standard InChI is InChI=1S/C11H14BrNS/c12-9-2-1-3-10(6-9)14-7-11(13)8-4-5-8/h1-3,6,8,11H,4-5,7,13H2. The Balaban J connectivity index is 1.84. The second kappa shape index (κ2) is 4.69. The van der Waals surface area contributed by atoms with Gasteiger partial charge in [0.25, 0.3) is 0 Å². The molecular weight excluding hydrogens is 258 g/mol. The molecule has 0 spiro atoms. The van der Waals surface area contributed by atoms with E-state index in [0.29, 0.717) is 6.04 Å². The maximum Gasteiger partial charge on any atom is 0.0186 e. The quantitative estimate of drug-likeness (QED) is 0.851. The van der Waals surface area contributed by atoms with Crippen LogP contribution >= 0.6 is 27.7 Å². The van der Waals surface area contributed by atoms with Gasteiger partial charge in [0.1, 0.15) is 0 Å². The van der Waals surface area contributed by atoms with Crippen LogP contribution in [0.25, 0.3) is 0 Å². The van der Waals surface area contributed by atoms with Crippen LogP contribution in [0.3, 0.4) is 0 Å². The van der Waals surface area contributed by atoms with Gasteiger partial charge in [-0.15, -0.1) is 11.8 Å². The lowest BCUT2D eigenvalue weighted by atomic mass is 10.2. The molecule has 0 bridgehead atoms. The zero-order valence-electron chi connectivity index (χ0n) is 7.95. The first-order valence-electron chi connectivity index (χ1n) is 4.89. The fourth-order valence-corrected chi connectivity index (χ4v) is 3.00. The van der Waals surface area contributed by atoms with Crippen molar-refractivity contribution in [3.63, 3.8) is 0 Å². The molecule has 0 saturated heterocycles. The van der Waals surface area contributed by atoms with Crippen LogP contribution in [0.1, 0.15) is 12.8 Å². The molecular formula is C11H14BrNS. The number of halogens is 1. The maximum absolute atomic E-state index is 6.03. The Morgan fingerprint density at radius 3 is 2.93 bits per heavy atom. The largest absolute Gasteiger partial charge is 0.327 e. The van der Waals surface area contributed by atoms with Gasteiger partial charge in [-0.3, -0.25) is 0 Å². The summed E-state index contributed by atoms with van der Waals surface area (Å²) in [6, 6.07) is 8.78. The first-order valence-corrected chi connectivity index (χ1v) is 6.67. The van der Waals surface area contributed by atoms with E-state index in [1.807, 2.05) is 17.8 Å². The molecule has 0 amide bonds. The van der Waals surface area contributed by atoms with Crippen molar-refractivity contribution < 1.29 is 0 Å². The van der Waals surface area contributed by atoms with E-state index < -0.39 is 0 Å². The molecule has 0 aromatic heterocycles. The number of benzene rings is 1. The molecule has 76 valence electrons. The third-order valence-corrected chi connectivity index (χ3v) is 4.10. The van der Waals surface area contributed by atoms with Gasteiger partial charge >= 0.3 is 0 Å². The Labute approximate surface area is 97.6 Å². The highest BCUT2D eigenvalue weighted by Gasteiger charge is 2.28. The van der Waals surface area contributed by atoms with Crippen LogP contribution < -0.4 is 5.73 Å². The molecule has 1 saturated carbocycles. The van der Waals surface area contributed by atoms with E-state index >= 15 is 0 Å². The zero-order valence-corrected chi connectivity index (χ0v) is 10.4. The summed E-state index contributed by atoms with van der Waals surface area (Å²) in [7, 11) is 0. The van der Waals surface area contributed by atoms with Crippen LogP contribution in [0.4, 0.5) is 0 Å². The molecule has 1 aliphatic rings. The number of nitrogens with two attached hydrogens (primary N) is 1. The molecule has 0 aliphatic heterocycles. The minimum absolute atomic E-state index is 0.388. The summed E-state index contributed by atoms with van der Waals surface area (Å²) in [6.45, 7) is 0. The molecule has 1 fully saturated rings. The van der Waals surface area contributed by atoms with Crippen molar-refractivity contribution in [2.75, 3.05) is 5.75 Å². The molecule has 2 rings (SSSR count). The number of rotatable bonds is 4. The van der Waals surface area contributed by atoms with Crippen molar-refractivity contribution in [2.24, 2.45) is 11.7 Å². The van der Waals surface area contributed by atoms with E-state index in [4.69, 9.17) is 5.73 Å². The third-order valence-electron chi connectivity index (χ3n) is 2.47. The number of thioether (sulfide) groups is 1. The molecule has 1 aromatic carbocycles. The van der Waals surface area contributed by atoms with Gasteiger partial charge < -0.3 is 5.73 Å². The molecule has 1 aliphatic carbocycles. The second-order valence-corrected chi connectivity index (χ2v) is 5.78. The van der Waals surface area contributed by atoms with Gasteiger partial charge in [-0.25, -0.2) is 0 Å². The van der Waals surface area contributed by atoms with Crippen LogP contribution in [0, 0.1) is 5.92 Å². The summed E-state index contributed by atoms with van der Waals surface area (Å²) in [4.78, 5) is 1.30. The normalized spacial score (nSPS) is 18.1. The van der Waals surface area contributed by atoms with Crippen molar-refractivity contribution in [1.29, 1.82) is 0 Å². The smallest absolute Gasteiger partial charge is 0.0186 e. The summed E-state index contributed by atoms with van der Waals surface area (Å²) >= 11 is 5.32. The van der Waals surface area contributed by atoms with Crippen molar-refractivity contribution >= 4 is 27.7 Å². The fourth-order valence-electron chi connectivity index (χ4n) is 1.41. The highest BCUT2D eigenvalue weighted by atomic mass is 79.9. The first-order chi connectivity index (χ1) is 6.75. The Morgan fingerprint density at radius 2 is 2.29 bits per heavy atom. The number of hydrogen-bond acceptors (Lipinski definition) is 2. The maximum atomic E-state index is 6.03. The van der Waals surface area contributed by atoms with Crippen molar-refractivity contribution in [1.82, 2.24) is 0 Å². The summed E-state index contributed by atoms with van der Waals surface area (Å²) in [5, 5.41) is 0. The van der Waals surface area contributed by atoms with E-state index in [2.05, 4.69) is 34.1 Å². The molecule has 3 heteroatoms. The molecule has 1 atom stereocenters.